The molecule has 6 nitrogen and oxygen atoms in total. The van der Waals surface area contributed by atoms with E-state index >= 15 is 0 Å². The van der Waals surface area contributed by atoms with Crippen LogP contribution in [0.15, 0.2) is 36.5 Å². The number of allylic oxidation sites excluding steroid dienone is 1. The van der Waals surface area contributed by atoms with Crippen molar-refractivity contribution in [2.75, 3.05) is 44.3 Å². The van der Waals surface area contributed by atoms with Crippen LogP contribution >= 0.6 is 12.6 Å². The van der Waals surface area contributed by atoms with E-state index in [4.69, 9.17) is 0 Å². The molecular formula is C19H28N4O2S. The fraction of sp³-hybridized carbons (Fsp3) is 0.474. The third-order valence-electron chi connectivity index (χ3n) is 4.52. The Kier molecular flexibility index (Phi) is 8.15. The molecule has 2 aliphatic heterocycles. The van der Waals surface area contributed by atoms with Crippen LogP contribution in [0.1, 0.15) is 24.3 Å². The van der Waals surface area contributed by atoms with Gasteiger partial charge in [0.2, 0.25) is 11.8 Å². The summed E-state index contributed by atoms with van der Waals surface area (Å²) in [5, 5.41) is 9.00. The number of hydrogen-bond acceptors (Lipinski definition) is 5. The number of piperazine rings is 1. The van der Waals surface area contributed by atoms with E-state index in [1.54, 1.807) is 6.26 Å². The van der Waals surface area contributed by atoms with Gasteiger partial charge in [-0.1, -0.05) is 18.7 Å². The molecule has 2 heterocycles. The molecule has 0 spiro atoms. The molecule has 2 fully saturated rings. The minimum Gasteiger partial charge on any atom is -0.330 e. The first-order chi connectivity index (χ1) is 12.6. The first-order valence-electron chi connectivity index (χ1n) is 8.88. The second kappa shape index (κ2) is 10.4. The number of anilines is 1. The van der Waals surface area contributed by atoms with Gasteiger partial charge < -0.3 is 16.0 Å². The first-order valence-corrected chi connectivity index (χ1v) is 9.77. The monoisotopic (exact) mass is 376 g/mol. The minimum atomic E-state index is -0.138. The lowest BCUT2D eigenvalue weighted by Crippen LogP contribution is -2.46. The Balaban J connectivity index is 0.00000117. The van der Waals surface area contributed by atoms with Gasteiger partial charge in [0.25, 0.3) is 0 Å². The Labute approximate surface area is 160 Å². The van der Waals surface area contributed by atoms with E-state index in [1.807, 2.05) is 24.3 Å². The van der Waals surface area contributed by atoms with Crippen LogP contribution in [0.25, 0.3) is 0 Å². The summed E-state index contributed by atoms with van der Waals surface area (Å²) in [7, 11) is 0. The summed E-state index contributed by atoms with van der Waals surface area (Å²) in [6.45, 7) is 7.86. The number of benzene rings is 1. The molecule has 3 rings (SSSR count). The fourth-order valence-electron chi connectivity index (χ4n) is 3.16. The summed E-state index contributed by atoms with van der Waals surface area (Å²) in [4.78, 5) is 26.3. The third-order valence-corrected chi connectivity index (χ3v) is 4.52. The predicted octanol–water partition coefficient (Wildman–Crippen LogP) is 1.58. The number of carbonyl (C=O) groups excluding carboxylic acids is 2. The van der Waals surface area contributed by atoms with Gasteiger partial charge >= 0.3 is 0 Å². The zero-order chi connectivity index (χ0) is 18.9. The van der Waals surface area contributed by atoms with Crippen molar-refractivity contribution in [3.8, 4) is 0 Å². The molecule has 7 heteroatoms. The largest absolute Gasteiger partial charge is 0.330 e. The van der Waals surface area contributed by atoms with Crippen LogP contribution in [-0.4, -0.2) is 55.7 Å². The summed E-state index contributed by atoms with van der Waals surface area (Å²) in [5.74, 6) is -0.140. The fourth-order valence-corrected chi connectivity index (χ4v) is 3.16. The third kappa shape index (κ3) is 5.86. The van der Waals surface area contributed by atoms with Gasteiger partial charge in [0, 0.05) is 37.6 Å². The van der Waals surface area contributed by atoms with Crippen molar-refractivity contribution in [3.05, 3.63) is 42.1 Å². The van der Waals surface area contributed by atoms with Crippen molar-refractivity contribution in [3.63, 3.8) is 0 Å². The Bertz CT molecular complexity index is 627. The van der Waals surface area contributed by atoms with Gasteiger partial charge in [-0.25, -0.2) is 0 Å². The van der Waals surface area contributed by atoms with Gasteiger partial charge in [0.15, 0.2) is 0 Å². The quantitative estimate of drug-likeness (QED) is 0.602. The molecule has 0 radical (unpaired) electrons. The number of rotatable bonds is 4. The van der Waals surface area contributed by atoms with Crippen LogP contribution in [0.5, 0.6) is 0 Å². The summed E-state index contributed by atoms with van der Waals surface area (Å²) in [6.07, 6.45) is 3.28. The highest BCUT2D eigenvalue weighted by Crippen LogP contribution is 2.27. The number of hydrogen-bond donors (Lipinski definition) is 4. The van der Waals surface area contributed by atoms with Crippen LogP contribution in [0.2, 0.25) is 0 Å². The summed E-state index contributed by atoms with van der Waals surface area (Å²) in [5.41, 5.74) is 2.52. The lowest BCUT2D eigenvalue weighted by Gasteiger charge is -2.26. The van der Waals surface area contributed by atoms with E-state index in [-0.39, 0.29) is 17.7 Å². The van der Waals surface area contributed by atoms with Crippen LogP contribution in [-0.2, 0) is 9.59 Å². The number of nitrogens with zero attached hydrogens (tertiary/aromatic N) is 1. The molecule has 142 valence electrons. The molecule has 2 aliphatic rings. The second-order valence-corrected chi connectivity index (χ2v) is 6.38. The Morgan fingerprint density at radius 2 is 1.92 bits per heavy atom. The highest BCUT2D eigenvalue weighted by atomic mass is 32.1. The molecular weight excluding hydrogens is 348 g/mol. The molecule has 2 amide bonds. The van der Waals surface area contributed by atoms with Gasteiger partial charge in [-0.15, -0.1) is 0 Å². The Morgan fingerprint density at radius 3 is 2.54 bits per heavy atom. The average Bonchev–Trinajstić information content (AvgIpc) is 2.65. The van der Waals surface area contributed by atoms with Gasteiger partial charge in [0.05, 0.1) is 12.5 Å². The molecule has 1 atom stereocenters. The maximum atomic E-state index is 12.1. The van der Waals surface area contributed by atoms with Crippen molar-refractivity contribution >= 4 is 30.1 Å². The smallest absolute Gasteiger partial charge is 0.238 e. The van der Waals surface area contributed by atoms with E-state index < -0.39 is 0 Å². The van der Waals surface area contributed by atoms with Gasteiger partial charge in [-0.2, -0.15) is 12.6 Å². The van der Waals surface area contributed by atoms with E-state index in [2.05, 4.69) is 40.1 Å². The zero-order valence-corrected chi connectivity index (χ0v) is 16.1. The maximum Gasteiger partial charge on any atom is 0.238 e. The van der Waals surface area contributed by atoms with Crippen molar-refractivity contribution in [1.29, 1.82) is 0 Å². The molecule has 0 aromatic heterocycles. The van der Waals surface area contributed by atoms with Crippen molar-refractivity contribution < 1.29 is 9.59 Å². The van der Waals surface area contributed by atoms with E-state index in [0.29, 0.717) is 6.54 Å². The number of carbonyl (C=O) groups is 2. The lowest BCUT2D eigenvalue weighted by molar-refractivity contribution is -0.123. The highest BCUT2D eigenvalue weighted by molar-refractivity contribution is 7.79. The van der Waals surface area contributed by atoms with Gasteiger partial charge in [0.1, 0.15) is 0 Å². The van der Waals surface area contributed by atoms with Crippen molar-refractivity contribution in [2.45, 2.75) is 18.8 Å². The molecule has 1 unspecified atom stereocenters. The Morgan fingerprint density at radius 1 is 1.27 bits per heavy atom. The zero-order valence-electron chi connectivity index (χ0n) is 15.3. The molecule has 1 aromatic carbocycles. The maximum absolute atomic E-state index is 12.1. The molecule has 0 aliphatic carbocycles. The van der Waals surface area contributed by atoms with E-state index in [1.165, 1.54) is 0 Å². The molecule has 3 N–H and O–H groups in total. The number of piperidine rings is 1. The standard InChI is InChI=1S/C18H24N4O2.CH4S/c1-13-2-7-16(18(24)20-13)14-3-5-15(6-4-14)21-17(23)12-22-10-8-19-9-11-22;1-2/h3-6,16,19H,1-2,7-12H2,(H,20,24)(H,21,23);2H,1H3. The Hall–Kier alpha value is -1.83. The normalized spacial score (nSPS) is 20.6. The lowest BCUT2D eigenvalue weighted by atomic mass is 9.90. The van der Waals surface area contributed by atoms with Gasteiger partial charge in [-0.05, 0) is 36.8 Å². The van der Waals surface area contributed by atoms with E-state index in [0.717, 1.165) is 56.0 Å². The van der Waals surface area contributed by atoms with Gasteiger partial charge in [-0.3, -0.25) is 14.5 Å². The molecule has 1 aromatic rings. The summed E-state index contributed by atoms with van der Waals surface area (Å²) in [6, 6.07) is 7.56. The predicted molar refractivity (Wildman–Crippen MR) is 109 cm³/mol. The van der Waals surface area contributed by atoms with Crippen LogP contribution in [0.3, 0.4) is 0 Å². The summed E-state index contributed by atoms with van der Waals surface area (Å²) < 4.78 is 0. The van der Waals surface area contributed by atoms with Crippen molar-refractivity contribution in [1.82, 2.24) is 15.5 Å². The minimum absolute atomic E-state index is 0.00161. The average molecular weight is 377 g/mol. The first kappa shape index (κ1) is 20.5. The molecule has 2 saturated heterocycles. The number of thiol groups is 1. The van der Waals surface area contributed by atoms with Crippen LogP contribution < -0.4 is 16.0 Å². The second-order valence-electron chi connectivity index (χ2n) is 6.38. The topological polar surface area (TPSA) is 73.5 Å². The van der Waals surface area contributed by atoms with E-state index in [9.17, 15) is 9.59 Å². The highest BCUT2D eigenvalue weighted by Gasteiger charge is 2.25. The number of amides is 2. The SMILES string of the molecule is C=C1CCC(c2ccc(NC(=O)CN3CCNCC3)cc2)C(=O)N1.CS. The molecule has 0 saturated carbocycles. The van der Waals surface area contributed by atoms with Crippen molar-refractivity contribution in [2.24, 2.45) is 0 Å². The molecule has 0 bridgehead atoms. The molecule has 26 heavy (non-hydrogen) atoms. The summed E-state index contributed by atoms with van der Waals surface area (Å²) >= 11 is 3.53. The van der Waals surface area contributed by atoms with Crippen LogP contribution in [0.4, 0.5) is 5.69 Å². The van der Waals surface area contributed by atoms with Crippen LogP contribution in [0, 0.1) is 0 Å². The number of nitrogens with one attached hydrogen (secondary N) is 3.